The third-order valence-corrected chi connectivity index (χ3v) is 4.96. The van der Waals surface area contributed by atoms with Crippen molar-refractivity contribution in [2.45, 2.75) is 26.7 Å². The van der Waals surface area contributed by atoms with Gasteiger partial charge in [0.05, 0.1) is 22.6 Å². The van der Waals surface area contributed by atoms with Crippen LogP contribution in [0, 0.1) is 5.41 Å². The summed E-state index contributed by atoms with van der Waals surface area (Å²) in [7, 11) is 1.84. The summed E-state index contributed by atoms with van der Waals surface area (Å²) < 4.78 is 2.01. The molecule has 0 saturated heterocycles. The molecule has 0 fully saturated rings. The van der Waals surface area contributed by atoms with Crippen LogP contribution in [0.4, 0.5) is 0 Å². The van der Waals surface area contributed by atoms with Crippen LogP contribution >= 0.6 is 22.9 Å². The number of nitrogens with zero attached hydrogens (tertiary/aromatic N) is 3. The SMILES string of the molecule is CN(CC(C)(C)C)C(=O)c1sc2nc3ccccc3n2c1CCl. The highest BCUT2D eigenvalue weighted by Crippen LogP contribution is 2.30. The molecule has 0 saturated carbocycles. The van der Waals surface area contributed by atoms with E-state index in [-0.39, 0.29) is 17.2 Å². The number of amides is 1. The van der Waals surface area contributed by atoms with E-state index in [0.29, 0.717) is 11.4 Å². The average Bonchev–Trinajstić information content (AvgIpc) is 2.99. The number of hydrogen-bond acceptors (Lipinski definition) is 3. The predicted octanol–water partition coefficient (Wildman–Crippen LogP) is 4.41. The number of halogens is 1. The van der Waals surface area contributed by atoms with E-state index in [9.17, 15) is 4.79 Å². The molecule has 1 aromatic carbocycles. The highest BCUT2D eigenvalue weighted by molar-refractivity contribution is 7.19. The van der Waals surface area contributed by atoms with Crippen molar-refractivity contribution in [3.8, 4) is 0 Å². The van der Waals surface area contributed by atoms with Crippen molar-refractivity contribution in [1.82, 2.24) is 14.3 Å². The summed E-state index contributed by atoms with van der Waals surface area (Å²) in [5.74, 6) is 0.292. The first-order valence-corrected chi connectivity index (χ1v) is 8.87. The van der Waals surface area contributed by atoms with Crippen molar-refractivity contribution in [2.24, 2.45) is 5.41 Å². The number of imidazole rings is 1. The predicted molar refractivity (Wildman–Crippen MR) is 96.5 cm³/mol. The monoisotopic (exact) mass is 349 g/mol. The molecule has 4 nitrogen and oxygen atoms in total. The molecule has 0 spiro atoms. The van der Waals surface area contributed by atoms with Crippen LogP contribution in [0.1, 0.15) is 36.1 Å². The van der Waals surface area contributed by atoms with Crippen molar-refractivity contribution in [3.63, 3.8) is 0 Å². The molecule has 3 aromatic rings. The highest BCUT2D eigenvalue weighted by atomic mass is 35.5. The molecule has 0 bridgehead atoms. The average molecular weight is 350 g/mol. The van der Waals surface area contributed by atoms with Gasteiger partial charge in [-0.3, -0.25) is 9.20 Å². The molecule has 2 heterocycles. The molecule has 0 unspecified atom stereocenters. The third kappa shape index (κ3) is 2.95. The smallest absolute Gasteiger partial charge is 0.265 e. The summed E-state index contributed by atoms with van der Waals surface area (Å²) in [6.07, 6.45) is 0. The minimum Gasteiger partial charge on any atom is -0.340 e. The largest absolute Gasteiger partial charge is 0.340 e. The molecule has 122 valence electrons. The van der Waals surface area contributed by atoms with E-state index < -0.39 is 0 Å². The minimum atomic E-state index is 0.00940. The lowest BCUT2D eigenvalue weighted by atomic mass is 9.96. The second-order valence-corrected chi connectivity index (χ2v) is 8.20. The van der Waals surface area contributed by atoms with Crippen LogP contribution in [-0.2, 0) is 5.88 Å². The van der Waals surface area contributed by atoms with Crippen LogP contribution in [0.15, 0.2) is 24.3 Å². The molecule has 2 aromatic heterocycles. The zero-order valence-corrected chi connectivity index (χ0v) is 15.3. The van der Waals surface area contributed by atoms with Gasteiger partial charge in [0, 0.05) is 13.6 Å². The molecule has 0 aliphatic rings. The van der Waals surface area contributed by atoms with Crippen molar-refractivity contribution in [2.75, 3.05) is 13.6 Å². The van der Waals surface area contributed by atoms with E-state index in [1.807, 2.05) is 35.7 Å². The number of para-hydroxylation sites is 2. The molecule has 0 N–H and O–H groups in total. The van der Waals surface area contributed by atoms with Gasteiger partial charge in [0.1, 0.15) is 4.88 Å². The topological polar surface area (TPSA) is 37.6 Å². The van der Waals surface area contributed by atoms with Crippen LogP contribution in [0.5, 0.6) is 0 Å². The number of aromatic nitrogens is 2. The number of thiazole rings is 1. The van der Waals surface area contributed by atoms with Gasteiger partial charge in [-0.1, -0.05) is 44.2 Å². The van der Waals surface area contributed by atoms with E-state index >= 15 is 0 Å². The van der Waals surface area contributed by atoms with Gasteiger partial charge in [-0.2, -0.15) is 0 Å². The van der Waals surface area contributed by atoms with Crippen LogP contribution < -0.4 is 0 Å². The Hall–Kier alpha value is -1.59. The summed E-state index contributed by atoms with van der Waals surface area (Å²) in [6, 6.07) is 7.91. The van der Waals surface area contributed by atoms with Crippen LogP contribution in [0.2, 0.25) is 0 Å². The molecule has 3 rings (SSSR count). The first kappa shape index (κ1) is 16.3. The van der Waals surface area contributed by atoms with Gasteiger partial charge in [-0.25, -0.2) is 4.98 Å². The fraction of sp³-hybridized carbons (Fsp3) is 0.412. The maximum Gasteiger partial charge on any atom is 0.265 e. The highest BCUT2D eigenvalue weighted by Gasteiger charge is 2.25. The van der Waals surface area contributed by atoms with E-state index in [4.69, 9.17) is 11.6 Å². The van der Waals surface area contributed by atoms with Crippen molar-refractivity contribution < 1.29 is 4.79 Å². The second kappa shape index (κ2) is 5.80. The zero-order chi connectivity index (χ0) is 16.8. The van der Waals surface area contributed by atoms with Gasteiger partial charge < -0.3 is 4.90 Å². The van der Waals surface area contributed by atoms with Gasteiger partial charge in [0.2, 0.25) is 0 Å². The quantitative estimate of drug-likeness (QED) is 0.657. The Bertz CT molecular complexity index is 875. The number of alkyl halides is 1. The summed E-state index contributed by atoms with van der Waals surface area (Å²) in [4.78, 5) is 20.7. The van der Waals surface area contributed by atoms with Gasteiger partial charge >= 0.3 is 0 Å². The molecule has 1 amide bonds. The molecule has 23 heavy (non-hydrogen) atoms. The number of fused-ring (bicyclic) bond motifs is 3. The summed E-state index contributed by atoms with van der Waals surface area (Å²) >= 11 is 7.59. The van der Waals surface area contributed by atoms with E-state index in [1.54, 1.807) is 4.90 Å². The maximum atomic E-state index is 12.8. The first-order chi connectivity index (χ1) is 10.8. The summed E-state index contributed by atoms with van der Waals surface area (Å²) in [6.45, 7) is 7.05. The molecule has 0 radical (unpaired) electrons. The number of hydrogen-bond donors (Lipinski definition) is 0. The Balaban J connectivity index is 2.09. The molecule has 0 aliphatic heterocycles. The Morgan fingerprint density at radius 3 is 2.70 bits per heavy atom. The lowest BCUT2D eigenvalue weighted by molar-refractivity contribution is 0.0749. The van der Waals surface area contributed by atoms with E-state index in [2.05, 4.69) is 25.8 Å². The molecular formula is C17H20ClN3OS. The maximum absolute atomic E-state index is 12.8. The summed E-state index contributed by atoms with van der Waals surface area (Å²) in [5, 5.41) is 0. The van der Waals surface area contributed by atoms with Crippen LogP contribution in [0.3, 0.4) is 0 Å². The number of benzene rings is 1. The summed E-state index contributed by atoms with van der Waals surface area (Å²) in [5.41, 5.74) is 2.79. The molecular weight excluding hydrogens is 330 g/mol. The minimum absolute atomic E-state index is 0.00940. The Kier molecular flexibility index (Phi) is 4.10. The van der Waals surface area contributed by atoms with E-state index in [0.717, 1.165) is 21.7 Å². The number of rotatable bonds is 3. The molecule has 0 aliphatic carbocycles. The Morgan fingerprint density at radius 1 is 1.35 bits per heavy atom. The second-order valence-electron chi connectivity index (χ2n) is 6.95. The Labute approximate surface area is 144 Å². The molecule has 6 heteroatoms. The Morgan fingerprint density at radius 2 is 2.04 bits per heavy atom. The van der Waals surface area contributed by atoms with Crippen LogP contribution in [-0.4, -0.2) is 33.8 Å². The fourth-order valence-corrected chi connectivity index (χ4v) is 4.31. The van der Waals surface area contributed by atoms with E-state index in [1.165, 1.54) is 11.3 Å². The first-order valence-electron chi connectivity index (χ1n) is 7.52. The molecule has 0 atom stereocenters. The number of carbonyl (C=O) groups excluding carboxylic acids is 1. The third-order valence-electron chi connectivity index (χ3n) is 3.63. The number of carbonyl (C=O) groups is 1. The van der Waals surface area contributed by atoms with Gasteiger partial charge in [0.15, 0.2) is 4.96 Å². The van der Waals surface area contributed by atoms with Gasteiger partial charge in [0.25, 0.3) is 5.91 Å². The normalized spacial score (nSPS) is 12.2. The zero-order valence-electron chi connectivity index (χ0n) is 13.8. The lowest BCUT2D eigenvalue weighted by Gasteiger charge is -2.26. The van der Waals surface area contributed by atoms with Crippen LogP contribution in [0.25, 0.3) is 16.0 Å². The van der Waals surface area contributed by atoms with Crippen molar-refractivity contribution >= 4 is 44.8 Å². The lowest BCUT2D eigenvalue weighted by Crippen LogP contribution is -2.34. The van der Waals surface area contributed by atoms with Gasteiger partial charge in [-0.15, -0.1) is 11.6 Å². The fourth-order valence-electron chi connectivity index (χ4n) is 2.83. The standard InChI is InChI=1S/C17H20ClN3OS/c1-17(2,3)10-20(4)15(22)14-13(9-18)21-12-8-6-5-7-11(12)19-16(21)23-14/h5-8H,9-10H2,1-4H3. The van der Waals surface area contributed by atoms with Crippen molar-refractivity contribution in [1.29, 1.82) is 0 Å². The van der Waals surface area contributed by atoms with Crippen molar-refractivity contribution in [3.05, 3.63) is 34.8 Å². The van der Waals surface area contributed by atoms with Gasteiger partial charge in [-0.05, 0) is 17.5 Å².